The predicted octanol–water partition coefficient (Wildman–Crippen LogP) is 2.69. The second-order valence-corrected chi connectivity index (χ2v) is 7.93. The molecule has 3 amide bonds. The minimum Gasteiger partial charge on any atom is -0.480 e. The van der Waals surface area contributed by atoms with Crippen molar-refractivity contribution in [1.29, 1.82) is 0 Å². The van der Waals surface area contributed by atoms with Gasteiger partial charge in [0.25, 0.3) is 5.91 Å². The summed E-state index contributed by atoms with van der Waals surface area (Å²) in [5, 5.41) is 24.0. The van der Waals surface area contributed by atoms with Crippen molar-refractivity contribution in [3.05, 3.63) is 63.6 Å². The van der Waals surface area contributed by atoms with E-state index in [2.05, 4.69) is 10.6 Å². The van der Waals surface area contributed by atoms with E-state index >= 15 is 0 Å². The highest BCUT2D eigenvalue weighted by molar-refractivity contribution is 6.40. The van der Waals surface area contributed by atoms with Crippen molar-refractivity contribution >= 4 is 52.8 Å². The Kier molecular flexibility index (Phi) is 7.75. The fraction of sp³-hybridized carbons (Fsp3) is 0.238. The largest absolute Gasteiger partial charge is 0.480 e. The minimum atomic E-state index is -1.34. The Morgan fingerprint density at radius 1 is 1.06 bits per heavy atom. The Morgan fingerprint density at radius 2 is 1.70 bits per heavy atom. The molecular formula is C21H19Cl2N3O7. The van der Waals surface area contributed by atoms with Gasteiger partial charge in [-0.15, -0.1) is 0 Å². The van der Waals surface area contributed by atoms with Gasteiger partial charge in [0.2, 0.25) is 5.91 Å². The summed E-state index contributed by atoms with van der Waals surface area (Å²) in [6.45, 7) is -0.425. The number of carboxylic acids is 1. The van der Waals surface area contributed by atoms with Crippen molar-refractivity contribution in [2.24, 2.45) is 0 Å². The van der Waals surface area contributed by atoms with E-state index in [1.54, 1.807) is 42.5 Å². The number of hydrogen-bond donors (Lipinski definition) is 4. The molecule has 10 nitrogen and oxygen atoms in total. The van der Waals surface area contributed by atoms with Crippen molar-refractivity contribution < 1.29 is 34.1 Å². The van der Waals surface area contributed by atoms with Gasteiger partial charge in [-0.25, -0.2) is 9.59 Å². The number of amides is 3. The molecular weight excluding hydrogens is 477 g/mol. The topological polar surface area (TPSA) is 145 Å². The second kappa shape index (κ2) is 10.5. The van der Waals surface area contributed by atoms with Gasteiger partial charge in [0, 0.05) is 12.1 Å². The van der Waals surface area contributed by atoms with E-state index in [1.165, 1.54) is 0 Å². The quantitative estimate of drug-likeness (QED) is 0.461. The maximum Gasteiger partial charge on any atom is 0.409 e. The number of carbonyl (C=O) groups is 4. The zero-order valence-electron chi connectivity index (χ0n) is 17.0. The molecule has 0 aromatic heterocycles. The molecule has 0 aliphatic carbocycles. The molecule has 2 aromatic rings. The molecule has 1 aliphatic heterocycles. The maximum atomic E-state index is 12.5. The predicted molar refractivity (Wildman–Crippen MR) is 119 cm³/mol. The molecule has 4 N–H and O–H groups in total. The molecule has 0 saturated carbocycles. The first-order chi connectivity index (χ1) is 15.7. The number of hydrogen-bond acceptors (Lipinski definition) is 5. The van der Waals surface area contributed by atoms with E-state index in [9.17, 15) is 24.3 Å². The first kappa shape index (κ1) is 24.3. The summed E-state index contributed by atoms with van der Waals surface area (Å²) < 4.78 is 4.99. The lowest BCUT2D eigenvalue weighted by Crippen LogP contribution is -2.52. The Morgan fingerprint density at radius 3 is 2.27 bits per heavy atom. The van der Waals surface area contributed by atoms with Crippen LogP contribution in [0.2, 0.25) is 10.0 Å². The van der Waals surface area contributed by atoms with Gasteiger partial charge in [0.15, 0.2) is 0 Å². The van der Waals surface area contributed by atoms with E-state index in [1.807, 2.05) is 0 Å². The van der Waals surface area contributed by atoms with E-state index in [-0.39, 0.29) is 35.4 Å². The maximum absolute atomic E-state index is 12.5. The van der Waals surface area contributed by atoms with Crippen molar-refractivity contribution in [3.8, 4) is 0 Å². The second-order valence-electron chi connectivity index (χ2n) is 7.12. The first-order valence-corrected chi connectivity index (χ1v) is 10.4. The summed E-state index contributed by atoms with van der Waals surface area (Å²) in [6.07, 6.45) is -1.40. The number of nitrogens with zero attached hydrogens (tertiary/aromatic N) is 1. The van der Waals surface area contributed by atoms with Crippen molar-refractivity contribution in [2.75, 3.05) is 18.7 Å². The number of aliphatic carboxylic acids is 1. The first-order valence-electron chi connectivity index (χ1n) is 9.62. The Hall–Kier alpha value is -3.34. The van der Waals surface area contributed by atoms with Gasteiger partial charge in [-0.3, -0.25) is 14.5 Å². The fourth-order valence-electron chi connectivity index (χ4n) is 3.18. The third-order valence-corrected chi connectivity index (χ3v) is 5.52. The normalized spacial score (nSPS) is 16.2. The van der Waals surface area contributed by atoms with Crippen LogP contribution >= 0.6 is 23.2 Å². The molecule has 174 valence electrons. The average molecular weight is 496 g/mol. The molecule has 2 atom stereocenters. The summed E-state index contributed by atoms with van der Waals surface area (Å²) >= 11 is 12.1. The van der Waals surface area contributed by atoms with Crippen LogP contribution in [-0.2, 0) is 20.7 Å². The van der Waals surface area contributed by atoms with Crippen LogP contribution < -0.4 is 10.6 Å². The van der Waals surface area contributed by atoms with Gasteiger partial charge in [0.05, 0.1) is 22.2 Å². The number of ether oxygens (including phenoxy) is 1. The summed E-state index contributed by atoms with van der Waals surface area (Å²) in [5.41, 5.74) is 1.12. The lowest BCUT2D eigenvalue weighted by atomic mass is 10.0. The Bertz CT molecular complexity index is 1060. The number of halogens is 2. The van der Waals surface area contributed by atoms with Gasteiger partial charge in [0.1, 0.15) is 18.8 Å². The summed E-state index contributed by atoms with van der Waals surface area (Å²) in [5.74, 6) is -2.55. The van der Waals surface area contributed by atoms with Crippen molar-refractivity contribution in [3.63, 3.8) is 0 Å². The fourth-order valence-corrected chi connectivity index (χ4v) is 3.75. The minimum absolute atomic E-state index is 0.0632. The van der Waals surface area contributed by atoms with Crippen LogP contribution in [0.5, 0.6) is 0 Å². The molecule has 0 radical (unpaired) electrons. The zero-order valence-corrected chi connectivity index (χ0v) is 18.5. The van der Waals surface area contributed by atoms with Gasteiger partial charge >= 0.3 is 12.1 Å². The number of carboxylic acid groups (broad SMARTS) is 2. The van der Waals surface area contributed by atoms with Gasteiger partial charge in [-0.05, 0) is 29.8 Å². The van der Waals surface area contributed by atoms with Crippen molar-refractivity contribution in [1.82, 2.24) is 10.2 Å². The molecule has 33 heavy (non-hydrogen) atoms. The Labute approximate surface area is 198 Å². The number of anilines is 1. The van der Waals surface area contributed by atoms with Crippen LogP contribution in [0.15, 0.2) is 42.5 Å². The SMILES string of the molecule is O=C(Nc1ccc(C[C@H](NC(=O)[C@H]2COCN2C(=O)O)C(=O)O)cc1)c1c(Cl)cccc1Cl. The summed E-state index contributed by atoms with van der Waals surface area (Å²) in [6, 6.07) is 8.59. The number of rotatable bonds is 7. The smallest absolute Gasteiger partial charge is 0.409 e. The van der Waals surface area contributed by atoms with Gasteiger partial charge in [-0.2, -0.15) is 0 Å². The third kappa shape index (κ3) is 5.92. The molecule has 1 saturated heterocycles. The Balaban J connectivity index is 1.64. The standard InChI is InChI=1S/C21H19Cl2N3O7/c22-13-2-1-3-14(23)17(13)19(28)24-12-6-4-11(5-7-12)8-15(20(29)30)25-18(27)16-9-33-10-26(16)21(31)32/h1-7,15-16H,8-10H2,(H,24,28)(H,25,27)(H,29,30)(H,31,32)/t15-,16+/m0/s1. The van der Waals surface area contributed by atoms with E-state index in [0.717, 1.165) is 4.90 Å². The van der Waals surface area contributed by atoms with E-state index in [0.29, 0.717) is 11.3 Å². The van der Waals surface area contributed by atoms with Gasteiger partial charge < -0.3 is 25.6 Å². The molecule has 2 aromatic carbocycles. The molecule has 0 spiro atoms. The monoisotopic (exact) mass is 495 g/mol. The molecule has 1 heterocycles. The summed E-state index contributed by atoms with van der Waals surface area (Å²) in [4.78, 5) is 48.5. The number of nitrogens with one attached hydrogen (secondary N) is 2. The van der Waals surface area contributed by atoms with Crippen LogP contribution in [0.4, 0.5) is 10.5 Å². The molecule has 0 bridgehead atoms. The molecule has 3 rings (SSSR count). The van der Waals surface area contributed by atoms with Crippen LogP contribution in [-0.4, -0.2) is 64.4 Å². The number of benzene rings is 2. The van der Waals surface area contributed by atoms with E-state index < -0.39 is 36.0 Å². The lowest BCUT2D eigenvalue weighted by molar-refractivity contribution is -0.142. The zero-order chi connectivity index (χ0) is 24.1. The highest BCUT2D eigenvalue weighted by Gasteiger charge is 2.36. The van der Waals surface area contributed by atoms with Gasteiger partial charge in [-0.1, -0.05) is 41.4 Å². The average Bonchev–Trinajstić information content (AvgIpc) is 3.25. The molecule has 12 heteroatoms. The number of carbonyl (C=O) groups excluding carboxylic acids is 2. The molecule has 1 fully saturated rings. The lowest BCUT2D eigenvalue weighted by Gasteiger charge is -2.21. The van der Waals surface area contributed by atoms with E-state index in [4.69, 9.17) is 33.0 Å². The highest BCUT2D eigenvalue weighted by Crippen LogP contribution is 2.25. The third-order valence-electron chi connectivity index (χ3n) is 4.89. The molecule has 0 unspecified atom stereocenters. The highest BCUT2D eigenvalue weighted by atomic mass is 35.5. The van der Waals surface area contributed by atoms with Crippen LogP contribution in [0.3, 0.4) is 0 Å². The summed E-state index contributed by atoms with van der Waals surface area (Å²) in [7, 11) is 0. The molecule has 1 aliphatic rings. The van der Waals surface area contributed by atoms with Crippen LogP contribution in [0.1, 0.15) is 15.9 Å². The van der Waals surface area contributed by atoms with Crippen LogP contribution in [0, 0.1) is 0 Å². The van der Waals surface area contributed by atoms with Crippen LogP contribution in [0.25, 0.3) is 0 Å². The van der Waals surface area contributed by atoms with Crippen molar-refractivity contribution in [2.45, 2.75) is 18.5 Å².